The van der Waals surface area contributed by atoms with E-state index < -0.39 is 0 Å². The number of aryl methyl sites for hydroxylation is 1. The van der Waals surface area contributed by atoms with Crippen molar-refractivity contribution < 1.29 is 9.47 Å². The Kier molecular flexibility index (Phi) is 5.21. The van der Waals surface area contributed by atoms with Crippen LogP contribution in [0, 0.1) is 6.92 Å². The molecule has 6 heteroatoms. The summed E-state index contributed by atoms with van der Waals surface area (Å²) in [6.45, 7) is 4.10. The summed E-state index contributed by atoms with van der Waals surface area (Å²) >= 11 is 6.26. The van der Waals surface area contributed by atoms with Crippen LogP contribution in [0.5, 0.6) is 5.75 Å². The van der Waals surface area contributed by atoms with Gasteiger partial charge >= 0.3 is 0 Å². The summed E-state index contributed by atoms with van der Waals surface area (Å²) < 4.78 is 11.2. The van der Waals surface area contributed by atoms with Gasteiger partial charge in [-0.05, 0) is 38.0 Å². The minimum Gasteiger partial charge on any atom is -0.496 e. The highest BCUT2D eigenvalue weighted by Crippen LogP contribution is 2.41. The fourth-order valence-electron chi connectivity index (χ4n) is 3.21. The van der Waals surface area contributed by atoms with Gasteiger partial charge in [-0.3, -0.25) is 4.98 Å². The van der Waals surface area contributed by atoms with Crippen molar-refractivity contribution in [2.75, 3.05) is 32.2 Å². The summed E-state index contributed by atoms with van der Waals surface area (Å²) in [5, 5.41) is 4.15. The van der Waals surface area contributed by atoms with Crippen molar-refractivity contribution in [3.63, 3.8) is 0 Å². The number of ether oxygens (including phenoxy) is 2. The molecule has 3 rings (SSSR count). The van der Waals surface area contributed by atoms with Crippen LogP contribution in [0.25, 0.3) is 0 Å². The molecule has 0 saturated carbocycles. The molecule has 0 aliphatic carbocycles. The van der Waals surface area contributed by atoms with Crippen molar-refractivity contribution in [3.05, 3.63) is 46.9 Å². The third-order valence-electron chi connectivity index (χ3n) is 4.55. The second kappa shape index (κ2) is 7.36. The zero-order chi connectivity index (χ0) is 17.0. The van der Waals surface area contributed by atoms with E-state index in [4.69, 9.17) is 21.1 Å². The Morgan fingerprint density at radius 2 is 2.08 bits per heavy atom. The highest BCUT2D eigenvalue weighted by Gasteiger charge is 2.37. The van der Waals surface area contributed by atoms with Crippen molar-refractivity contribution in [2.24, 2.45) is 0 Å². The zero-order valence-corrected chi connectivity index (χ0v) is 14.8. The van der Waals surface area contributed by atoms with E-state index in [-0.39, 0.29) is 5.41 Å². The Morgan fingerprint density at radius 3 is 2.79 bits per heavy atom. The lowest BCUT2D eigenvalue weighted by Crippen LogP contribution is -2.40. The molecule has 0 amide bonds. The van der Waals surface area contributed by atoms with E-state index in [1.54, 1.807) is 19.5 Å². The van der Waals surface area contributed by atoms with Crippen LogP contribution in [0.15, 0.2) is 30.6 Å². The average Bonchev–Trinajstić information content (AvgIpc) is 2.61. The number of nitrogens with zero attached hydrogens (tertiary/aromatic N) is 2. The third kappa shape index (κ3) is 3.62. The molecule has 1 aliphatic rings. The lowest BCUT2D eigenvalue weighted by Gasteiger charge is -2.38. The third-order valence-corrected chi connectivity index (χ3v) is 4.78. The lowest BCUT2D eigenvalue weighted by atomic mass is 9.73. The van der Waals surface area contributed by atoms with E-state index in [1.807, 2.05) is 25.1 Å². The van der Waals surface area contributed by atoms with E-state index in [0.29, 0.717) is 5.02 Å². The number of halogens is 1. The molecule has 2 aromatic rings. The van der Waals surface area contributed by atoms with E-state index in [0.717, 1.165) is 55.4 Å². The topological polar surface area (TPSA) is 56.3 Å². The molecule has 2 heterocycles. The molecule has 5 nitrogen and oxygen atoms in total. The highest BCUT2D eigenvalue weighted by molar-refractivity contribution is 6.30. The SMILES string of the molecule is COc1ccc(Cl)cc1C1(CNc2cncc(C)n2)CCOCC1. The van der Waals surface area contributed by atoms with Gasteiger partial charge in [0.15, 0.2) is 0 Å². The molecule has 128 valence electrons. The lowest BCUT2D eigenvalue weighted by molar-refractivity contribution is 0.0535. The predicted molar refractivity (Wildman–Crippen MR) is 95.0 cm³/mol. The Bertz CT molecular complexity index is 702. The number of benzene rings is 1. The standard InChI is InChI=1S/C18H22ClN3O2/c1-13-10-20-11-17(22-13)21-12-18(5-7-24-8-6-18)15-9-14(19)3-4-16(15)23-2/h3-4,9-11H,5-8,12H2,1-2H3,(H,21,22). The first-order valence-electron chi connectivity index (χ1n) is 8.07. The van der Waals surface area contributed by atoms with Gasteiger partial charge in [0.25, 0.3) is 0 Å². The number of anilines is 1. The van der Waals surface area contributed by atoms with Crippen LogP contribution in [-0.2, 0) is 10.2 Å². The quantitative estimate of drug-likeness (QED) is 0.895. The maximum atomic E-state index is 6.26. The number of methoxy groups -OCH3 is 1. The van der Waals surface area contributed by atoms with Gasteiger partial charge in [-0.25, -0.2) is 4.98 Å². The normalized spacial score (nSPS) is 16.6. The summed E-state index contributed by atoms with van der Waals surface area (Å²) in [4.78, 5) is 8.68. The number of nitrogens with one attached hydrogen (secondary N) is 1. The molecule has 0 radical (unpaired) electrons. The molecule has 0 unspecified atom stereocenters. The summed E-state index contributed by atoms with van der Waals surface area (Å²) in [7, 11) is 1.69. The van der Waals surface area contributed by atoms with Crippen LogP contribution in [0.2, 0.25) is 5.02 Å². The van der Waals surface area contributed by atoms with Gasteiger partial charge in [-0.15, -0.1) is 0 Å². The van der Waals surface area contributed by atoms with Crippen molar-refractivity contribution in [3.8, 4) is 5.75 Å². The maximum Gasteiger partial charge on any atom is 0.144 e. The largest absolute Gasteiger partial charge is 0.496 e. The number of hydrogen-bond acceptors (Lipinski definition) is 5. The summed E-state index contributed by atoms with van der Waals surface area (Å²) in [6, 6.07) is 5.80. The van der Waals surface area contributed by atoms with Gasteiger partial charge in [-0.2, -0.15) is 0 Å². The Labute approximate surface area is 147 Å². The second-order valence-electron chi connectivity index (χ2n) is 6.14. The van der Waals surface area contributed by atoms with Gasteiger partial charge in [-0.1, -0.05) is 11.6 Å². The average molecular weight is 348 g/mol. The second-order valence-corrected chi connectivity index (χ2v) is 6.57. The minimum atomic E-state index is -0.111. The van der Waals surface area contributed by atoms with Gasteiger partial charge in [0.2, 0.25) is 0 Å². The molecule has 1 fully saturated rings. The van der Waals surface area contributed by atoms with Crippen LogP contribution in [0.1, 0.15) is 24.1 Å². The van der Waals surface area contributed by atoms with E-state index in [9.17, 15) is 0 Å². The van der Waals surface area contributed by atoms with Crippen LogP contribution in [0.3, 0.4) is 0 Å². The van der Waals surface area contributed by atoms with Gasteiger partial charge in [0.1, 0.15) is 11.6 Å². The molecule has 0 atom stereocenters. The Balaban J connectivity index is 1.91. The fourth-order valence-corrected chi connectivity index (χ4v) is 3.38. The Hall–Kier alpha value is -1.85. The molecule has 1 saturated heterocycles. The molecule has 1 aromatic carbocycles. The summed E-state index contributed by atoms with van der Waals surface area (Å²) in [5.41, 5.74) is 1.90. The van der Waals surface area contributed by atoms with Gasteiger partial charge in [0, 0.05) is 42.0 Å². The van der Waals surface area contributed by atoms with Gasteiger partial charge < -0.3 is 14.8 Å². The molecule has 0 spiro atoms. The molecular formula is C18H22ClN3O2. The van der Waals surface area contributed by atoms with Crippen LogP contribution < -0.4 is 10.1 Å². The van der Waals surface area contributed by atoms with E-state index in [1.165, 1.54) is 0 Å². The first-order valence-corrected chi connectivity index (χ1v) is 8.45. The van der Waals surface area contributed by atoms with Crippen molar-refractivity contribution in [2.45, 2.75) is 25.2 Å². The molecular weight excluding hydrogens is 326 g/mol. The number of hydrogen-bond donors (Lipinski definition) is 1. The van der Waals surface area contributed by atoms with Crippen molar-refractivity contribution in [1.29, 1.82) is 0 Å². The van der Waals surface area contributed by atoms with Crippen LogP contribution >= 0.6 is 11.6 Å². The number of rotatable bonds is 5. The minimum absolute atomic E-state index is 0.111. The van der Waals surface area contributed by atoms with Crippen LogP contribution in [0.4, 0.5) is 5.82 Å². The first kappa shape index (κ1) is 17.0. The maximum absolute atomic E-state index is 6.26. The molecule has 1 aromatic heterocycles. The van der Waals surface area contributed by atoms with E-state index in [2.05, 4.69) is 15.3 Å². The summed E-state index contributed by atoms with van der Waals surface area (Å²) in [5.74, 6) is 1.64. The molecule has 24 heavy (non-hydrogen) atoms. The number of aromatic nitrogens is 2. The predicted octanol–water partition coefficient (Wildman–Crippen LogP) is 3.61. The van der Waals surface area contributed by atoms with Crippen LogP contribution in [-0.4, -0.2) is 36.8 Å². The molecule has 0 bridgehead atoms. The smallest absolute Gasteiger partial charge is 0.144 e. The fraction of sp³-hybridized carbons (Fsp3) is 0.444. The highest BCUT2D eigenvalue weighted by atomic mass is 35.5. The Morgan fingerprint density at radius 1 is 1.29 bits per heavy atom. The monoisotopic (exact) mass is 347 g/mol. The zero-order valence-electron chi connectivity index (χ0n) is 14.0. The van der Waals surface area contributed by atoms with Gasteiger partial charge in [0.05, 0.1) is 19.0 Å². The molecule has 1 aliphatic heterocycles. The first-order chi connectivity index (χ1) is 11.6. The van der Waals surface area contributed by atoms with Crippen molar-refractivity contribution >= 4 is 17.4 Å². The molecule has 1 N–H and O–H groups in total. The van der Waals surface area contributed by atoms with E-state index >= 15 is 0 Å². The van der Waals surface area contributed by atoms with Crippen molar-refractivity contribution in [1.82, 2.24) is 9.97 Å². The summed E-state index contributed by atoms with van der Waals surface area (Å²) in [6.07, 6.45) is 5.29.